The number of halogens is 2. The van der Waals surface area contributed by atoms with Crippen LogP contribution in [0.1, 0.15) is 23.2 Å². The fourth-order valence-corrected chi connectivity index (χ4v) is 6.44. The zero-order valence-electron chi connectivity index (χ0n) is 20.9. The molecule has 1 aliphatic carbocycles. The number of nitrogens with one attached hydrogen (secondary N) is 1. The fraction of sp³-hybridized carbons (Fsp3) is 0.286. The number of anilines is 2. The molecule has 10 heteroatoms. The molecule has 194 valence electrons. The number of hydrogen-bond donors (Lipinski definition) is 3. The highest BCUT2D eigenvalue weighted by molar-refractivity contribution is 6.35. The van der Waals surface area contributed by atoms with Crippen molar-refractivity contribution < 1.29 is 4.39 Å². The van der Waals surface area contributed by atoms with Crippen molar-refractivity contribution in [2.75, 3.05) is 30.3 Å². The first-order chi connectivity index (χ1) is 18.3. The van der Waals surface area contributed by atoms with E-state index in [9.17, 15) is 4.39 Å². The predicted molar refractivity (Wildman–Crippen MR) is 147 cm³/mol. The molecule has 38 heavy (non-hydrogen) atoms. The van der Waals surface area contributed by atoms with Gasteiger partial charge in [-0.05, 0) is 41.5 Å². The van der Waals surface area contributed by atoms with E-state index >= 15 is 0 Å². The second-order valence-corrected chi connectivity index (χ2v) is 10.5. The molecule has 5 N–H and O–H groups in total. The molecule has 2 aromatic carbocycles. The first-order valence-electron chi connectivity index (χ1n) is 12.5. The van der Waals surface area contributed by atoms with Crippen molar-refractivity contribution in [1.82, 2.24) is 19.7 Å². The summed E-state index contributed by atoms with van der Waals surface area (Å²) >= 11 is 6.56. The number of nitrogens with zero attached hydrogens (tertiary/aromatic N) is 5. The summed E-state index contributed by atoms with van der Waals surface area (Å²) in [5.41, 5.74) is 15.6. The number of rotatable bonds is 6. The Morgan fingerprint density at radius 1 is 1.18 bits per heavy atom. The Balaban J connectivity index is 1.21. The van der Waals surface area contributed by atoms with E-state index in [-0.39, 0.29) is 34.4 Å². The molecule has 0 unspecified atom stereocenters. The smallest absolute Gasteiger partial charge is 0.154 e. The lowest BCUT2D eigenvalue weighted by Crippen LogP contribution is -2.33. The van der Waals surface area contributed by atoms with Crippen molar-refractivity contribution in [3.8, 4) is 11.1 Å². The minimum Gasteiger partial charge on any atom is -0.382 e. The lowest BCUT2D eigenvalue weighted by Gasteiger charge is -2.27. The largest absolute Gasteiger partial charge is 0.382 e. The average Bonchev–Trinajstić information content (AvgIpc) is 3.36. The number of hydrogen-bond acceptors (Lipinski definition) is 7. The Kier molecular flexibility index (Phi) is 5.92. The van der Waals surface area contributed by atoms with Crippen LogP contribution in [0.2, 0.25) is 5.02 Å². The highest BCUT2D eigenvalue weighted by Gasteiger charge is 2.66. The molecule has 2 fully saturated rings. The Labute approximate surface area is 225 Å². The van der Waals surface area contributed by atoms with Crippen LogP contribution in [-0.2, 0) is 12.5 Å². The highest BCUT2D eigenvalue weighted by Crippen LogP contribution is 2.63. The number of aryl methyl sites for hydroxylation is 1. The van der Waals surface area contributed by atoms with Crippen LogP contribution in [0.25, 0.3) is 11.1 Å². The van der Waals surface area contributed by atoms with Crippen molar-refractivity contribution >= 4 is 28.9 Å². The number of nitrogens with two attached hydrogens (primary N) is 2. The van der Waals surface area contributed by atoms with Crippen molar-refractivity contribution in [1.29, 1.82) is 5.41 Å². The third-order valence-corrected chi connectivity index (χ3v) is 8.48. The Morgan fingerprint density at radius 2 is 2.00 bits per heavy atom. The van der Waals surface area contributed by atoms with Crippen molar-refractivity contribution in [2.45, 2.75) is 11.8 Å². The summed E-state index contributed by atoms with van der Waals surface area (Å²) in [5, 5.41) is 13.3. The molecular weight excluding hydrogens is 503 g/mol. The van der Waals surface area contributed by atoms with E-state index in [0.29, 0.717) is 41.0 Å². The van der Waals surface area contributed by atoms with Gasteiger partial charge < -0.3 is 16.4 Å². The first-order valence-corrected chi connectivity index (χ1v) is 12.9. The van der Waals surface area contributed by atoms with Gasteiger partial charge >= 0.3 is 0 Å². The molecule has 0 spiro atoms. The first kappa shape index (κ1) is 24.5. The second kappa shape index (κ2) is 9.18. The quantitative estimate of drug-likeness (QED) is 0.324. The van der Waals surface area contributed by atoms with Gasteiger partial charge in [0.25, 0.3) is 0 Å². The second-order valence-electron chi connectivity index (χ2n) is 10.1. The molecule has 1 aliphatic heterocycles. The number of nitrogen functional groups attached to an aromatic ring is 1. The van der Waals surface area contributed by atoms with E-state index in [4.69, 9.17) is 28.5 Å². The number of benzene rings is 2. The molecule has 0 bridgehead atoms. The number of fused-ring (bicyclic) bond motifs is 1. The van der Waals surface area contributed by atoms with Crippen molar-refractivity contribution in [2.24, 2.45) is 24.6 Å². The Morgan fingerprint density at radius 3 is 2.68 bits per heavy atom. The summed E-state index contributed by atoms with van der Waals surface area (Å²) in [7, 11) is 1.85. The normalized spacial score (nSPS) is 22.3. The molecular formula is C28H28ClFN8. The molecule has 4 aromatic rings. The highest BCUT2D eigenvalue weighted by atomic mass is 35.5. The Hall–Kier alpha value is -3.82. The van der Waals surface area contributed by atoms with Gasteiger partial charge in [-0.25, -0.2) is 14.4 Å². The minimum absolute atomic E-state index is 0.104. The van der Waals surface area contributed by atoms with E-state index in [1.165, 1.54) is 6.07 Å². The predicted octanol–water partition coefficient (Wildman–Crippen LogP) is 4.02. The van der Waals surface area contributed by atoms with Crippen LogP contribution in [0.5, 0.6) is 0 Å². The fourth-order valence-electron chi connectivity index (χ4n) is 6.17. The van der Waals surface area contributed by atoms with E-state index in [1.807, 2.05) is 31.4 Å². The summed E-state index contributed by atoms with van der Waals surface area (Å²) in [6, 6.07) is 12.4. The van der Waals surface area contributed by atoms with Crippen molar-refractivity contribution in [3.05, 3.63) is 88.7 Å². The summed E-state index contributed by atoms with van der Waals surface area (Å²) in [6.45, 7) is 1.86. The van der Waals surface area contributed by atoms with Gasteiger partial charge in [0.05, 0.1) is 23.1 Å². The van der Waals surface area contributed by atoms with Gasteiger partial charge in [0.15, 0.2) is 5.82 Å². The van der Waals surface area contributed by atoms with Gasteiger partial charge in [-0.1, -0.05) is 41.9 Å². The Bertz CT molecular complexity index is 1550. The molecule has 6 rings (SSSR count). The average molecular weight is 531 g/mol. The molecule has 2 aliphatic rings. The number of piperidine rings is 1. The van der Waals surface area contributed by atoms with Crippen LogP contribution in [0.3, 0.4) is 0 Å². The van der Waals surface area contributed by atoms with E-state index < -0.39 is 0 Å². The van der Waals surface area contributed by atoms with Gasteiger partial charge in [0.1, 0.15) is 17.3 Å². The van der Waals surface area contributed by atoms with E-state index in [0.717, 1.165) is 24.1 Å². The van der Waals surface area contributed by atoms with Crippen LogP contribution in [0, 0.1) is 23.1 Å². The summed E-state index contributed by atoms with van der Waals surface area (Å²) < 4.78 is 16.4. The van der Waals surface area contributed by atoms with Crippen LogP contribution in [-0.4, -0.2) is 45.1 Å². The summed E-state index contributed by atoms with van der Waals surface area (Å²) in [4.78, 5) is 11.2. The van der Waals surface area contributed by atoms with Crippen LogP contribution < -0.4 is 16.4 Å². The van der Waals surface area contributed by atoms with Crippen LogP contribution in [0.15, 0.2) is 61.1 Å². The van der Waals surface area contributed by atoms with E-state index in [2.05, 4.69) is 20.0 Å². The zero-order chi connectivity index (χ0) is 26.6. The maximum atomic E-state index is 14.7. The summed E-state index contributed by atoms with van der Waals surface area (Å²) in [6.07, 6.45) is 6.19. The number of aromatic nitrogens is 4. The molecule has 8 nitrogen and oxygen atoms in total. The van der Waals surface area contributed by atoms with Gasteiger partial charge in [0.2, 0.25) is 0 Å². The molecule has 0 amide bonds. The lowest BCUT2D eigenvalue weighted by molar-refractivity contribution is 0.533. The summed E-state index contributed by atoms with van der Waals surface area (Å²) in [5.74, 6) is 1.18. The zero-order valence-corrected chi connectivity index (χ0v) is 21.7. The van der Waals surface area contributed by atoms with Gasteiger partial charge in [-0.2, -0.15) is 5.10 Å². The molecule has 1 saturated carbocycles. The topological polar surface area (TPSA) is 123 Å². The van der Waals surface area contributed by atoms with Gasteiger partial charge in [-0.3, -0.25) is 10.1 Å². The maximum Gasteiger partial charge on any atom is 0.154 e. The molecule has 2 aromatic heterocycles. The van der Waals surface area contributed by atoms with Crippen molar-refractivity contribution in [3.63, 3.8) is 0 Å². The SMILES string of the molecule is Cn1cc(-c2ccc(C(=N)c3ncc(N4CC[C@@H]5[C@H](C4)[C@@]5(CN)c4ccccc4F)nc3N)c(Cl)c2)cn1. The lowest BCUT2D eigenvalue weighted by atomic mass is 9.91. The van der Waals surface area contributed by atoms with Gasteiger partial charge in [-0.15, -0.1) is 0 Å². The molecule has 1 saturated heterocycles. The van der Waals surface area contributed by atoms with Crippen LogP contribution >= 0.6 is 11.6 Å². The van der Waals surface area contributed by atoms with Gasteiger partial charge in [0, 0.05) is 49.4 Å². The molecule has 0 radical (unpaired) electrons. The molecule has 3 heterocycles. The third kappa shape index (κ3) is 3.85. The standard InChI is InChI=1S/C28H28ClFN8/c1-37-13-17(11-35-37)16-6-7-18(22(29)10-16)25(32)26-27(33)36-24(12-34-26)38-9-8-19-21(14-38)28(19,15-31)20-4-2-3-5-23(20)30/h2-7,10-13,19,21,32H,8-9,14-15,31H2,1H3,(H2,33,36)/t19-,21+,28-/m1/s1. The maximum absolute atomic E-state index is 14.7. The monoisotopic (exact) mass is 530 g/mol. The van der Waals surface area contributed by atoms with E-state index in [1.54, 1.807) is 35.3 Å². The third-order valence-electron chi connectivity index (χ3n) is 8.16. The minimum atomic E-state index is -0.347. The van der Waals surface area contributed by atoms with Crippen LogP contribution in [0.4, 0.5) is 16.0 Å². The molecule has 3 atom stereocenters.